The molecule has 0 aromatic heterocycles. The van der Waals surface area contributed by atoms with Crippen LogP contribution in [0.2, 0.25) is 0 Å². The van der Waals surface area contributed by atoms with Crippen molar-refractivity contribution in [3.05, 3.63) is 54.1 Å². The molecule has 0 saturated carbocycles. The Morgan fingerprint density at radius 2 is 1.62 bits per heavy atom. The van der Waals surface area contributed by atoms with Crippen LogP contribution >= 0.6 is 0 Å². The zero-order valence-corrected chi connectivity index (χ0v) is 9.27. The second-order valence-electron chi connectivity index (χ2n) is 4.07. The Bertz CT molecular complexity index is 520. The van der Waals surface area contributed by atoms with E-state index < -0.39 is 0 Å². The van der Waals surface area contributed by atoms with Crippen LogP contribution in [-0.2, 0) is 0 Å². The van der Waals surface area contributed by atoms with E-state index in [-0.39, 0.29) is 0 Å². The number of para-hydroxylation sites is 3. The van der Waals surface area contributed by atoms with Gasteiger partial charge in [-0.3, -0.25) is 0 Å². The lowest BCUT2D eigenvalue weighted by Crippen LogP contribution is -2.17. The molecule has 0 saturated heterocycles. The Balaban J connectivity index is 2.08. The number of benzene rings is 2. The highest BCUT2D eigenvalue weighted by Crippen LogP contribution is 2.37. The normalized spacial score (nSPS) is 13.4. The zero-order chi connectivity index (χ0) is 11.0. The summed E-state index contributed by atoms with van der Waals surface area (Å²) in [5, 5.41) is 3.40. The first-order chi connectivity index (χ1) is 7.86. The second-order valence-corrected chi connectivity index (χ2v) is 4.07. The molecular formula is C14H14N2. The first kappa shape index (κ1) is 9.28. The maximum absolute atomic E-state index is 3.40. The molecule has 0 spiro atoms. The van der Waals surface area contributed by atoms with Gasteiger partial charge in [-0.2, -0.15) is 0 Å². The van der Waals surface area contributed by atoms with Crippen LogP contribution in [0.3, 0.4) is 0 Å². The van der Waals surface area contributed by atoms with Gasteiger partial charge in [0.1, 0.15) is 0 Å². The van der Waals surface area contributed by atoms with Crippen LogP contribution in [0.4, 0.5) is 17.1 Å². The maximum atomic E-state index is 3.40. The van der Waals surface area contributed by atoms with E-state index in [9.17, 15) is 0 Å². The van der Waals surface area contributed by atoms with Crippen molar-refractivity contribution < 1.29 is 0 Å². The Morgan fingerprint density at radius 1 is 0.938 bits per heavy atom. The number of hydrogen-bond acceptors (Lipinski definition) is 2. The standard InChI is InChI=1S/C14H14N2/c1-11-6-2-4-8-13(11)16-10-15-12-7-3-5-9-14(12)16/h2-9,15H,10H2,1H3. The first-order valence-corrected chi connectivity index (χ1v) is 5.52. The number of hydrogen-bond donors (Lipinski definition) is 1. The summed E-state index contributed by atoms with van der Waals surface area (Å²) in [7, 11) is 0. The van der Waals surface area contributed by atoms with Crippen molar-refractivity contribution >= 4 is 17.1 Å². The first-order valence-electron chi connectivity index (χ1n) is 5.52. The summed E-state index contributed by atoms with van der Waals surface area (Å²) < 4.78 is 0. The van der Waals surface area contributed by atoms with Crippen LogP contribution < -0.4 is 10.2 Å². The van der Waals surface area contributed by atoms with Crippen molar-refractivity contribution in [1.82, 2.24) is 0 Å². The third-order valence-electron chi connectivity index (χ3n) is 3.03. The molecule has 2 nitrogen and oxygen atoms in total. The van der Waals surface area contributed by atoms with E-state index in [0.29, 0.717) is 0 Å². The van der Waals surface area contributed by atoms with Crippen molar-refractivity contribution in [3.8, 4) is 0 Å². The summed E-state index contributed by atoms with van der Waals surface area (Å²) in [5.74, 6) is 0. The predicted molar refractivity (Wildman–Crippen MR) is 68.2 cm³/mol. The van der Waals surface area contributed by atoms with Gasteiger partial charge in [0.05, 0.1) is 18.0 Å². The van der Waals surface area contributed by atoms with Crippen molar-refractivity contribution in [2.24, 2.45) is 0 Å². The molecule has 0 radical (unpaired) electrons. The van der Waals surface area contributed by atoms with Gasteiger partial charge in [-0.1, -0.05) is 30.3 Å². The third kappa shape index (κ3) is 1.34. The van der Waals surface area contributed by atoms with E-state index in [2.05, 4.69) is 65.7 Å². The minimum atomic E-state index is 0.851. The number of fused-ring (bicyclic) bond motifs is 1. The van der Waals surface area contributed by atoms with E-state index >= 15 is 0 Å². The van der Waals surface area contributed by atoms with E-state index in [1.807, 2.05) is 0 Å². The molecule has 16 heavy (non-hydrogen) atoms. The molecule has 0 bridgehead atoms. The van der Waals surface area contributed by atoms with E-state index in [0.717, 1.165) is 6.67 Å². The fourth-order valence-electron chi connectivity index (χ4n) is 2.19. The Kier molecular flexibility index (Phi) is 2.07. The van der Waals surface area contributed by atoms with Crippen LogP contribution in [0.25, 0.3) is 0 Å². The number of aryl methyl sites for hydroxylation is 1. The third-order valence-corrected chi connectivity index (χ3v) is 3.03. The molecule has 0 fully saturated rings. The van der Waals surface area contributed by atoms with Gasteiger partial charge in [-0.15, -0.1) is 0 Å². The molecule has 0 atom stereocenters. The monoisotopic (exact) mass is 210 g/mol. The zero-order valence-electron chi connectivity index (χ0n) is 9.27. The minimum absolute atomic E-state index is 0.851. The SMILES string of the molecule is Cc1ccccc1N1CNc2ccccc21. The molecule has 80 valence electrons. The van der Waals surface area contributed by atoms with Crippen LogP contribution in [0.5, 0.6) is 0 Å². The summed E-state index contributed by atoms with van der Waals surface area (Å²) in [6.07, 6.45) is 0. The number of nitrogens with one attached hydrogen (secondary N) is 1. The lowest BCUT2D eigenvalue weighted by molar-refractivity contribution is 1.08. The summed E-state index contributed by atoms with van der Waals surface area (Å²) >= 11 is 0. The summed E-state index contributed by atoms with van der Waals surface area (Å²) in [6.45, 7) is 3.00. The highest BCUT2D eigenvalue weighted by Gasteiger charge is 2.19. The molecular weight excluding hydrogens is 196 g/mol. The van der Waals surface area contributed by atoms with Crippen molar-refractivity contribution in [3.63, 3.8) is 0 Å². The Morgan fingerprint density at radius 3 is 2.44 bits per heavy atom. The van der Waals surface area contributed by atoms with Gasteiger partial charge in [0.15, 0.2) is 0 Å². The van der Waals surface area contributed by atoms with Crippen molar-refractivity contribution in [2.75, 3.05) is 16.9 Å². The molecule has 2 aromatic rings. The average Bonchev–Trinajstić information content (AvgIpc) is 2.74. The maximum Gasteiger partial charge on any atom is 0.0927 e. The van der Waals surface area contributed by atoms with Crippen molar-refractivity contribution in [1.29, 1.82) is 0 Å². The van der Waals surface area contributed by atoms with Gasteiger partial charge >= 0.3 is 0 Å². The van der Waals surface area contributed by atoms with Crippen molar-refractivity contribution in [2.45, 2.75) is 6.92 Å². The van der Waals surface area contributed by atoms with Gasteiger partial charge in [0.25, 0.3) is 0 Å². The van der Waals surface area contributed by atoms with Gasteiger partial charge in [-0.25, -0.2) is 0 Å². The fraction of sp³-hybridized carbons (Fsp3) is 0.143. The predicted octanol–water partition coefficient (Wildman–Crippen LogP) is 3.52. The summed E-state index contributed by atoms with van der Waals surface area (Å²) in [6, 6.07) is 16.9. The largest absolute Gasteiger partial charge is 0.366 e. The lowest BCUT2D eigenvalue weighted by atomic mass is 10.1. The quantitative estimate of drug-likeness (QED) is 0.774. The van der Waals surface area contributed by atoms with Gasteiger partial charge in [0.2, 0.25) is 0 Å². The van der Waals surface area contributed by atoms with E-state index in [1.54, 1.807) is 0 Å². The molecule has 3 rings (SSSR count). The van der Waals surface area contributed by atoms with Gasteiger partial charge in [-0.05, 0) is 30.7 Å². The molecule has 0 aliphatic carbocycles. The van der Waals surface area contributed by atoms with Gasteiger partial charge < -0.3 is 10.2 Å². The van der Waals surface area contributed by atoms with Gasteiger partial charge in [0, 0.05) is 5.69 Å². The van der Waals surface area contributed by atoms with E-state index in [4.69, 9.17) is 0 Å². The highest BCUT2D eigenvalue weighted by molar-refractivity contribution is 5.81. The molecule has 2 heteroatoms. The molecule has 1 N–H and O–H groups in total. The Hall–Kier alpha value is -1.96. The topological polar surface area (TPSA) is 15.3 Å². The van der Waals surface area contributed by atoms with Crippen LogP contribution in [0.1, 0.15) is 5.56 Å². The average molecular weight is 210 g/mol. The summed E-state index contributed by atoms with van der Waals surface area (Å²) in [5.41, 5.74) is 5.06. The number of rotatable bonds is 1. The molecule has 1 heterocycles. The lowest BCUT2D eigenvalue weighted by Gasteiger charge is -2.20. The highest BCUT2D eigenvalue weighted by atomic mass is 15.3. The van der Waals surface area contributed by atoms with Crippen LogP contribution in [0, 0.1) is 6.92 Å². The molecule has 1 aliphatic rings. The Labute approximate surface area is 95.5 Å². The molecule has 1 aliphatic heterocycles. The number of anilines is 3. The summed E-state index contributed by atoms with van der Waals surface area (Å²) in [4.78, 5) is 2.31. The smallest absolute Gasteiger partial charge is 0.0927 e. The fourth-order valence-corrected chi connectivity index (χ4v) is 2.19. The second kappa shape index (κ2) is 3.56. The van der Waals surface area contributed by atoms with E-state index in [1.165, 1.54) is 22.6 Å². The number of nitrogens with zero attached hydrogens (tertiary/aromatic N) is 1. The van der Waals surface area contributed by atoms with Crippen LogP contribution in [0.15, 0.2) is 48.5 Å². The molecule has 0 amide bonds. The minimum Gasteiger partial charge on any atom is -0.366 e. The van der Waals surface area contributed by atoms with Crippen LogP contribution in [-0.4, -0.2) is 6.67 Å². The molecule has 2 aromatic carbocycles. The molecule has 0 unspecified atom stereocenters.